The van der Waals surface area contributed by atoms with Crippen LogP contribution in [0.2, 0.25) is 0 Å². The zero-order chi connectivity index (χ0) is 25.4. The van der Waals surface area contributed by atoms with Gasteiger partial charge in [0.15, 0.2) is 0 Å². The Morgan fingerprint density at radius 2 is 1.35 bits per heavy atom. The molecule has 0 bridgehead atoms. The van der Waals surface area contributed by atoms with Gasteiger partial charge in [0.2, 0.25) is 0 Å². The maximum absolute atomic E-state index is 12.2. The third kappa shape index (κ3) is 3.75. The van der Waals surface area contributed by atoms with Crippen molar-refractivity contribution >= 4 is 11.8 Å². The summed E-state index contributed by atoms with van der Waals surface area (Å²) in [5.74, 6) is 2.10. The van der Waals surface area contributed by atoms with Crippen molar-refractivity contribution in [1.29, 1.82) is 0 Å². The van der Waals surface area contributed by atoms with Gasteiger partial charge in [-0.1, -0.05) is 13.8 Å². The molecule has 2 N–H and O–H groups in total. The Bertz CT molecular complexity index is 993. The first kappa shape index (κ1) is 24.8. The van der Waals surface area contributed by atoms with Crippen molar-refractivity contribution in [2.45, 2.75) is 113 Å². The van der Waals surface area contributed by atoms with Gasteiger partial charge in [-0.05, 0) is 81.8 Å². The number of fused-ring (bicyclic) bond motifs is 2. The number of hydrogen-bond donors (Lipinski definition) is 2. The molecule has 0 radical (unpaired) electrons. The predicted molar refractivity (Wildman–Crippen MR) is 144 cm³/mol. The van der Waals surface area contributed by atoms with Crippen LogP contribution in [0.15, 0.2) is 46.0 Å². The monoisotopic (exact) mass is 526 g/mol. The van der Waals surface area contributed by atoms with Gasteiger partial charge in [-0.2, -0.15) is 11.8 Å². The van der Waals surface area contributed by atoms with Gasteiger partial charge < -0.3 is 19.0 Å². The lowest BCUT2D eigenvalue weighted by molar-refractivity contribution is -0.191. The van der Waals surface area contributed by atoms with Crippen molar-refractivity contribution < 1.29 is 19.0 Å². The van der Waals surface area contributed by atoms with E-state index < -0.39 is 12.5 Å². The molecule has 5 saturated heterocycles. The van der Waals surface area contributed by atoms with Crippen LogP contribution in [0.1, 0.15) is 94.8 Å². The Morgan fingerprint density at radius 3 is 1.92 bits per heavy atom. The van der Waals surface area contributed by atoms with E-state index in [-0.39, 0.29) is 22.2 Å². The van der Waals surface area contributed by atoms with Crippen LogP contribution in [0.5, 0.6) is 0 Å². The first-order chi connectivity index (χ1) is 17.9. The highest BCUT2D eigenvalue weighted by molar-refractivity contribution is 8.01. The summed E-state index contributed by atoms with van der Waals surface area (Å²) < 4.78 is 10.7. The fourth-order valence-corrected chi connectivity index (χ4v) is 11.0. The fourth-order valence-electron chi connectivity index (χ4n) is 9.06. The van der Waals surface area contributed by atoms with Crippen molar-refractivity contribution in [3.8, 4) is 0 Å². The second-order valence-corrected chi connectivity index (χ2v) is 14.4. The number of furan rings is 2. The Labute approximate surface area is 224 Å². The highest BCUT2D eigenvalue weighted by Gasteiger charge is 2.63. The number of rotatable bonds is 2. The summed E-state index contributed by atoms with van der Waals surface area (Å²) in [5.41, 5.74) is 2.20. The highest BCUT2D eigenvalue weighted by atomic mass is 32.2. The summed E-state index contributed by atoms with van der Waals surface area (Å²) in [6.07, 6.45) is 16.0. The van der Waals surface area contributed by atoms with Crippen LogP contribution >= 0.6 is 11.8 Å². The summed E-state index contributed by atoms with van der Waals surface area (Å²) in [6.45, 7) is 4.72. The predicted octanol–water partition coefficient (Wildman–Crippen LogP) is 5.94. The van der Waals surface area contributed by atoms with E-state index in [0.717, 1.165) is 50.7 Å². The molecule has 7 heteroatoms. The molecule has 2 aromatic rings. The minimum Gasteiger partial charge on any atom is -0.472 e. The smallest absolute Gasteiger partial charge is 0.122 e. The number of nitrogens with zero attached hydrogens (tertiary/aromatic N) is 2. The molecule has 10 atom stereocenters. The van der Waals surface area contributed by atoms with Crippen molar-refractivity contribution in [3.05, 3.63) is 48.3 Å². The topological polar surface area (TPSA) is 73.2 Å². The molecule has 202 valence electrons. The molecule has 6 nitrogen and oxygen atoms in total. The first-order valence-corrected chi connectivity index (χ1v) is 15.5. The number of aliphatic hydroxyl groups is 2. The van der Waals surface area contributed by atoms with Crippen molar-refractivity contribution in [2.75, 3.05) is 5.75 Å². The van der Waals surface area contributed by atoms with Crippen LogP contribution in [0.25, 0.3) is 0 Å². The van der Waals surface area contributed by atoms with Gasteiger partial charge in [0.25, 0.3) is 0 Å². The molecule has 5 fully saturated rings. The van der Waals surface area contributed by atoms with Crippen LogP contribution in [0, 0.1) is 17.3 Å². The minimum atomic E-state index is -0.506. The van der Waals surface area contributed by atoms with E-state index in [2.05, 4.69) is 35.8 Å². The molecule has 0 amide bonds. The maximum Gasteiger partial charge on any atom is 0.122 e. The van der Waals surface area contributed by atoms with Gasteiger partial charge in [-0.3, -0.25) is 9.80 Å². The van der Waals surface area contributed by atoms with Gasteiger partial charge in [0.05, 0.1) is 29.8 Å². The highest BCUT2D eigenvalue weighted by Crippen LogP contribution is 2.63. The lowest BCUT2D eigenvalue weighted by Gasteiger charge is -2.58. The van der Waals surface area contributed by atoms with Gasteiger partial charge in [0.1, 0.15) is 12.5 Å². The first-order valence-electron chi connectivity index (χ1n) is 14.5. The van der Waals surface area contributed by atoms with Crippen molar-refractivity contribution in [1.82, 2.24) is 9.80 Å². The van der Waals surface area contributed by atoms with Crippen LogP contribution < -0.4 is 0 Å². The van der Waals surface area contributed by atoms with E-state index >= 15 is 0 Å². The number of piperidine rings is 4. The molecule has 2 aromatic heterocycles. The van der Waals surface area contributed by atoms with Gasteiger partial charge >= 0.3 is 0 Å². The quantitative estimate of drug-likeness (QED) is 0.501. The van der Waals surface area contributed by atoms with Gasteiger partial charge in [0, 0.05) is 46.5 Å². The lowest BCUT2D eigenvalue weighted by Crippen LogP contribution is -2.64. The second-order valence-electron chi connectivity index (χ2n) is 13.0. The SMILES string of the molecule is C[C@@H]1CC[C@@H](c2ccoc2)N2C1CC[C@@]1(CS[C@@]3(CC[C@H]4[C@H](C)CC[C@@H](c5ccoc5)N4[C@@H]3O)C1)[C@@H]2O. The van der Waals surface area contributed by atoms with E-state index in [4.69, 9.17) is 8.83 Å². The molecular weight excluding hydrogens is 484 g/mol. The summed E-state index contributed by atoms with van der Waals surface area (Å²) in [5, 5.41) is 24.4. The number of thioether (sulfide) groups is 1. The summed E-state index contributed by atoms with van der Waals surface area (Å²) >= 11 is 1.96. The van der Waals surface area contributed by atoms with Crippen LogP contribution in [-0.2, 0) is 0 Å². The third-order valence-corrected chi connectivity index (χ3v) is 13.0. The van der Waals surface area contributed by atoms with Crippen LogP contribution in [0.3, 0.4) is 0 Å². The maximum atomic E-state index is 12.2. The Balaban J connectivity index is 1.18. The Morgan fingerprint density at radius 1 is 0.784 bits per heavy atom. The van der Waals surface area contributed by atoms with E-state index in [0.29, 0.717) is 23.9 Å². The largest absolute Gasteiger partial charge is 0.472 e. The standard InChI is InChI=1S/C30H42N2O4S/c1-19-3-5-25(21-9-13-35-15-21)31-23(19)7-11-29(27(31)33)17-30(37-18-29)12-8-24-20(2)4-6-26(32(24)28(30)34)22-10-14-36-16-22/h9-10,13-16,19-20,23-28,33-34H,3-8,11-12,17-18H2,1-2H3/t19-,20-,23?,24+,25+,26+,27+,28-,29-,30+/m1/s1. The summed E-state index contributed by atoms with van der Waals surface area (Å²) in [6, 6.07) is 5.38. The average Bonchev–Trinajstić information content (AvgIpc) is 3.68. The van der Waals surface area contributed by atoms with Gasteiger partial charge in [-0.25, -0.2) is 0 Å². The van der Waals surface area contributed by atoms with Crippen molar-refractivity contribution in [2.24, 2.45) is 17.3 Å². The van der Waals surface area contributed by atoms with E-state index in [1.165, 1.54) is 24.0 Å². The fraction of sp³-hybridized carbons (Fsp3) is 0.733. The summed E-state index contributed by atoms with van der Waals surface area (Å²) in [4.78, 5) is 4.90. The number of hydrogen-bond acceptors (Lipinski definition) is 7. The average molecular weight is 527 g/mol. The molecule has 1 unspecified atom stereocenters. The lowest BCUT2D eigenvalue weighted by atomic mass is 9.65. The molecule has 0 aliphatic carbocycles. The van der Waals surface area contributed by atoms with E-state index in [1.807, 2.05) is 24.3 Å². The van der Waals surface area contributed by atoms with E-state index in [1.54, 1.807) is 12.5 Å². The van der Waals surface area contributed by atoms with Gasteiger partial charge in [-0.15, -0.1) is 0 Å². The molecule has 5 aliphatic heterocycles. The van der Waals surface area contributed by atoms with Crippen LogP contribution in [0.4, 0.5) is 0 Å². The third-order valence-electron chi connectivity index (χ3n) is 11.1. The Kier molecular flexibility index (Phi) is 6.13. The molecule has 7 heterocycles. The Hall–Kier alpha value is -1.25. The molecular formula is C30H42N2O4S. The zero-order valence-corrected chi connectivity index (χ0v) is 23.0. The molecule has 2 spiro atoms. The number of aliphatic hydroxyl groups excluding tert-OH is 2. The molecule has 5 aliphatic rings. The normalized spacial score (nSPS) is 46.8. The summed E-state index contributed by atoms with van der Waals surface area (Å²) in [7, 11) is 0. The minimum absolute atomic E-state index is 0.180. The second kappa shape index (κ2) is 9.16. The molecule has 7 rings (SSSR count). The molecule has 0 saturated carbocycles. The van der Waals surface area contributed by atoms with E-state index in [9.17, 15) is 10.2 Å². The van der Waals surface area contributed by atoms with Crippen LogP contribution in [-0.4, -0.2) is 55.1 Å². The molecule has 0 aromatic carbocycles. The zero-order valence-electron chi connectivity index (χ0n) is 22.2. The molecule has 37 heavy (non-hydrogen) atoms. The van der Waals surface area contributed by atoms with Crippen molar-refractivity contribution in [3.63, 3.8) is 0 Å².